The Morgan fingerprint density at radius 2 is 1.28 bits per heavy atom. The summed E-state index contributed by atoms with van der Waals surface area (Å²) in [7, 11) is 0. The van der Waals surface area contributed by atoms with E-state index in [1.807, 2.05) is 30.3 Å². The Morgan fingerprint density at radius 3 is 1.84 bits per heavy atom. The van der Waals surface area contributed by atoms with Gasteiger partial charge >= 0.3 is 0 Å². The third-order valence-electron chi connectivity index (χ3n) is 11.7. The van der Waals surface area contributed by atoms with Crippen LogP contribution < -0.4 is 21.7 Å². The summed E-state index contributed by atoms with van der Waals surface area (Å²) >= 11 is 0. The first kappa shape index (κ1) is 39.2. The van der Waals surface area contributed by atoms with Gasteiger partial charge in [0.25, 0.3) is 5.70 Å². The number of nitrogens with one attached hydrogen (secondary N) is 2. The summed E-state index contributed by atoms with van der Waals surface area (Å²) in [5, 5.41) is 19.9. The summed E-state index contributed by atoms with van der Waals surface area (Å²) in [5.74, 6) is 1.38. The molecule has 0 aromatic heterocycles. The first-order chi connectivity index (χ1) is 27.8. The minimum absolute atomic E-state index is 0.0112. The van der Waals surface area contributed by atoms with Gasteiger partial charge in [0.05, 0.1) is 12.5 Å². The number of hydrogen-bond acceptors (Lipinski definition) is 6. The van der Waals surface area contributed by atoms with Crippen molar-refractivity contribution < 1.29 is 4.79 Å². The Hall–Kier alpha value is -6.09. The molecule has 1 atom stereocenters. The van der Waals surface area contributed by atoms with Gasteiger partial charge in [-0.1, -0.05) is 108 Å². The topological polar surface area (TPSA) is 113 Å². The molecule has 0 saturated carbocycles. The molecule has 290 valence electrons. The molecule has 0 fully saturated rings. The van der Waals surface area contributed by atoms with Crippen molar-refractivity contribution in [3.63, 3.8) is 0 Å². The minimum atomic E-state index is -0.866. The van der Waals surface area contributed by atoms with Gasteiger partial charge in [-0.25, -0.2) is 4.85 Å². The van der Waals surface area contributed by atoms with Gasteiger partial charge in [-0.3, -0.25) is 10.2 Å². The van der Waals surface area contributed by atoms with Crippen LogP contribution in [0.15, 0.2) is 96.2 Å². The highest BCUT2D eigenvalue weighted by atomic mass is 16.1. The van der Waals surface area contributed by atoms with E-state index in [0.29, 0.717) is 33.6 Å². The third-order valence-corrected chi connectivity index (χ3v) is 11.7. The zero-order valence-corrected chi connectivity index (χ0v) is 33.6. The van der Waals surface area contributed by atoms with Crippen molar-refractivity contribution >= 4 is 83.1 Å². The number of allylic oxidation sites excluding steroid dienone is 2. The molecule has 0 spiro atoms. The predicted molar refractivity (Wildman–Crippen MR) is 244 cm³/mol. The summed E-state index contributed by atoms with van der Waals surface area (Å²) < 4.78 is 0. The number of unbranched alkanes of at least 4 members (excludes halogenated alkanes) is 6. The molecule has 1 unspecified atom stereocenters. The molecule has 0 bridgehead atoms. The first-order valence-electron chi connectivity index (χ1n) is 20.8. The van der Waals surface area contributed by atoms with Gasteiger partial charge in [0.15, 0.2) is 5.78 Å². The van der Waals surface area contributed by atoms with Crippen molar-refractivity contribution in [2.75, 3.05) is 41.3 Å². The second-order valence-corrected chi connectivity index (χ2v) is 15.5. The first-order valence-corrected chi connectivity index (χ1v) is 20.8. The molecule has 1 aliphatic carbocycles. The number of carbonyl (C=O) groups excluding carboxylic acids is 1. The van der Waals surface area contributed by atoms with Gasteiger partial charge in [0.2, 0.25) is 0 Å². The van der Waals surface area contributed by atoms with Gasteiger partial charge in [-0.2, -0.15) is 0 Å². The summed E-state index contributed by atoms with van der Waals surface area (Å²) in [6.45, 7) is 17.5. The maximum atomic E-state index is 15.1. The Bertz CT molecular complexity index is 2610. The zero-order valence-electron chi connectivity index (χ0n) is 33.6. The van der Waals surface area contributed by atoms with E-state index in [-0.39, 0.29) is 11.5 Å². The van der Waals surface area contributed by atoms with Crippen LogP contribution in [0.1, 0.15) is 95.6 Å². The number of nitrogens with two attached hydrogens (primary N) is 2. The molecule has 7 heteroatoms. The lowest BCUT2D eigenvalue weighted by molar-refractivity contribution is -0.115. The number of nitrogens with zero attached hydrogens (tertiary/aromatic N) is 2. The van der Waals surface area contributed by atoms with Crippen LogP contribution in [0.25, 0.3) is 53.5 Å². The van der Waals surface area contributed by atoms with E-state index >= 15 is 4.79 Å². The molecule has 57 heavy (non-hydrogen) atoms. The molecule has 6 N–H and O–H groups in total. The van der Waals surface area contributed by atoms with Crippen LogP contribution in [0, 0.1) is 12.0 Å². The van der Waals surface area contributed by atoms with E-state index in [1.165, 1.54) is 0 Å². The van der Waals surface area contributed by atoms with Crippen LogP contribution in [0.3, 0.4) is 0 Å². The van der Waals surface area contributed by atoms with E-state index < -0.39 is 5.92 Å². The average Bonchev–Trinajstić information content (AvgIpc) is 3.22. The molecule has 0 radical (unpaired) electrons. The van der Waals surface area contributed by atoms with Crippen molar-refractivity contribution in [3.05, 3.63) is 119 Å². The lowest BCUT2D eigenvalue weighted by Gasteiger charge is -2.36. The van der Waals surface area contributed by atoms with Crippen molar-refractivity contribution in [1.29, 1.82) is 5.41 Å². The van der Waals surface area contributed by atoms with Crippen LogP contribution in [-0.2, 0) is 4.79 Å². The molecule has 6 aromatic rings. The number of fused-ring (bicyclic) bond motifs is 4. The molecule has 0 saturated heterocycles. The maximum absolute atomic E-state index is 15.1. The lowest BCUT2D eigenvalue weighted by Crippen LogP contribution is -2.31. The molecule has 0 heterocycles. The number of rotatable bonds is 17. The van der Waals surface area contributed by atoms with Crippen LogP contribution >= 0.6 is 0 Å². The fourth-order valence-electron chi connectivity index (χ4n) is 8.75. The Morgan fingerprint density at radius 1 is 0.737 bits per heavy atom. The summed E-state index contributed by atoms with van der Waals surface area (Å²) in [5.41, 5.74) is 19.1. The lowest BCUT2D eigenvalue weighted by atomic mass is 9.66. The van der Waals surface area contributed by atoms with Crippen molar-refractivity contribution in [2.24, 2.45) is 0 Å². The SMILES string of the molecule is [C-]#[N+]C(=C=N)C1=C(c2c(N)cc(NCCCCC)c3cc4ccccc4cc23)C(=O)C1c1c(N)cc(N(CCCCC)CCCCC)c2cc3ccccc3cc12. The number of hydrogen-bond donors (Lipinski definition) is 4. The average molecular weight is 755 g/mol. The van der Waals surface area contributed by atoms with Gasteiger partial charge in [-0.15, -0.1) is 0 Å². The van der Waals surface area contributed by atoms with E-state index in [9.17, 15) is 0 Å². The summed E-state index contributed by atoms with van der Waals surface area (Å²) in [6, 6.07) is 29.1. The molecular formula is C50H54N6O. The van der Waals surface area contributed by atoms with E-state index in [4.69, 9.17) is 23.4 Å². The summed E-state index contributed by atoms with van der Waals surface area (Å²) in [4.78, 5) is 21.4. The maximum Gasteiger partial charge on any atom is 0.251 e. The number of benzene rings is 6. The van der Waals surface area contributed by atoms with Gasteiger partial charge in [0, 0.05) is 64.3 Å². The number of carbonyl (C=O) groups is 1. The Labute approximate surface area is 336 Å². The number of Topliss-reactive ketones (excluding diaryl/α,β-unsaturated/α-hetero) is 1. The highest BCUT2D eigenvalue weighted by molar-refractivity contribution is 6.38. The highest BCUT2D eigenvalue weighted by Crippen LogP contribution is 2.55. The predicted octanol–water partition coefficient (Wildman–Crippen LogP) is 12.4. The number of nitrogen functional groups attached to an aromatic ring is 2. The van der Waals surface area contributed by atoms with Gasteiger partial charge in [-0.05, 0) is 105 Å². The third kappa shape index (κ3) is 7.46. The Kier molecular flexibility index (Phi) is 11.9. The second-order valence-electron chi connectivity index (χ2n) is 15.5. The molecule has 0 aliphatic heterocycles. The Balaban J connectivity index is 1.48. The normalized spacial score (nSPS) is 13.9. The standard InChI is InChI=1S/C50H54N6O/c1-5-8-15-22-55-42-29-40(52)45(38-27-34-20-13-11-18-32(34)25-36(38)42)48-47(43(31-51)54-4)49(50(48)57)46-39-28-35-21-14-12-19-33(35)26-37(39)44(30-41(46)53)56(23-16-9-6-2)24-17-10-7-3/h11-14,18-21,25-30,49,51,55H,5-10,15-17,22-24,52-53H2,1-3H3. The smallest absolute Gasteiger partial charge is 0.251 e. The largest absolute Gasteiger partial charge is 0.398 e. The minimum Gasteiger partial charge on any atom is -0.398 e. The van der Waals surface area contributed by atoms with E-state index in [1.54, 1.807) is 0 Å². The van der Waals surface area contributed by atoms with E-state index in [0.717, 1.165) is 132 Å². The van der Waals surface area contributed by atoms with Crippen molar-refractivity contribution in [2.45, 2.75) is 84.5 Å². The molecular weight excluding hydrogens is 701 g/mol. The van der Waals surface area contributed by atoms with Crippen LogP contribution in [0.2, 0.25) is 0 Å². The monoisotopic (exact) mass is 754 g/mol. The van der Waals surface area contributed by atoms with Crippen LogP contribution in [0.5, 0.6) is 0 Å². The second kappa shape index (κ2) is 17.4. The fraction of sp³-hybridized carbons (Fsp3) is 0.320. The fourth-order valence-corrected chi connectivity index (χ4v) is 8.75. The molecule has 7 nitrogen and oxygen atoms in total. The van der Waals surface area contributed by atoms with Crippen molar-refractivity contribution in [1.82, 2.24) is 0 Å². The van der Waals surface area contributed by atoms with Gasteiger partial charge in [0.1, 0.15) is 0 Å². The number of ketones is 1. The van der Waals surface area contributed by atoms with Crippen molar-refractivity contribution in [3.8, 4) is 0 Å². The van der Waals surface area contributed by atoms with E-state index in [2.05, 4.69) is 96.3 Å². The molecule has 7 rings (SSSR count). The molecule has 6 aromatic carbocycles. The molecule has 1 aliphatic rings. The summed E-state index contributed by atoms with van der Waals surface area (Å²) in [6.07, 6.45) is 9.97. The van der Waals surface area contributed by atoms with Crippen LogP contribution in [-0.4, -0.2) is 31.3 Å². The zero-order chi connectivity index (χ0) is 40.1. The number of anilines is 4. The van der Waals surface area contributed by atoms with Gasteiger partial charge < -0.3 is 21.7 Å². The van der Waals surface area contributed by atoms with Crippen LogP contribution in [0.4, 0.5) is 22.7 Å². The highest BCUT2D eigenvalue weighted by Gasteiger charge is 2.45. The quantitative estimate of drug-likeness (QED) is 0.0243. The molecule has 0 amide bonds.